The minimum atomic E-state index is -2.81. The zero-order valence-electron chi connectivity index (χ0n) is 12.6. The third kappa shape index (κ3) is 4.56. The van der Waals surface area contributed by atoms with Crippen molar-refractivity contribution in [3.63, 3.8) is 0 Å². The van der Waals surface area contributed by atoms with E-state index < -0.39 is 30.8 Å². The van der Waals surface area contributed by atoms with E-state index in [9.17, 15) is 13.6 Å². The topological polar surface area (TPSA) is 59.6 Å². The highest BCUT2D eigenvalue weighted by atomic mass is 19.3. The van der Waals surface area contributed by atoms with Gasteiger partial charge in [0.1, 0.15) is 17.6 Å². The Morgan fingerprint density at radius 1 is 1.50 bits per heavy atom. The van der Waals surface area contributed by atoms with Crippen molar-refractivity contribution in [1.29, 1.82) is 0 Å². The van der Waals surface area contributed by atoms with Crippen LogP contribution in [0.3, 0.4) is 0 Å². The minimum absolute atomic E-state index is 0.236. The van der Waals surface area contributed by atoms with Crippen LogP contribution >= 0.6 is 0 Å². The molecule has 0 aliphatic carbocycles. The summed E-state index contributed by atoms with van der Waals surface area (Å²) in [5.74, 6) is -1.96. The Kier molecular flexibility index (Phi) is 5.18. The number of nitrogens with one attached hydrogen (secondary N) is 2. The van der Waals surface area contributed by atoms with Gasteiger partial charge in [0, 0.05) is 12.5 Å². The SMILES string of the molecule is COc1cccc(OC(C)CNC(=O)C2CC(F)(F)CN2)c1. The van der Waals surface area contributed by atoms with Crippen molar-refractivity contribution in [3.05, 3.63) is 24.3 Å². The zero-order chi connectivity index (χ0) is 16.2. The number of rotatable bonds is 6. The van der Waals surface area contributed by atoms with Gasteiger partial charge in [-0.15, -0.1) is 0 Å². The number of carbonyl (C=O) groups excluding carboxylic acids is 1. The molecule has 2 rings (SSSR count). The van der Waals surface area contributed by atoms with E-state index in [2.05, 4.69) is 10.6 Å². The van der Waals surface area contributed by atoms with Crippen molar-refractivity contribution >= 4 is 5.91 Å². The van der Waals surface area contributed by atoms with E-state index in [0.29, 0.717) is 11.5 Å². The van der Waals surface area contributed by atoms with Crippen LogP contribution in [0.4, 0.5) is 8.78 Å². The predicted octanol–water partition coefficient (Wildman–Crippen LogP) is 1.58. The van der Waals surface area contributed by atoms with Gasteiger partial charge in [0.2, 0.25) is 5.91 Å². The summed E-state index contributed by atoms with van der Waals surface area (Å²) in [6, 6.07) is 6.26. The average molecular weight is 314 g/mol. The van der Waals surface area contributed by atoms with Gasteiger partial charge < -0.3 is 14.8 Å². The Labute approximate surface area is 128 Å². The maximum absolute atomic E-state index is 13.0. The normalized spacial score (nSPS) is 21.2. The van der Waals surface area contributed by atoms with Gasteiger partial charge in [-0.1, -0.05) is 6.07 Å². The van der Waals surface area contributed by atoms with E-state index in [1.165, 1.54) is 0 Å². The van der Waals surface area contributed by atoms with Crippen LogP contribution in [0.25, 0.3) is 0 Å². The molecule has 1 fully saturated rings. The molecule has 122 valence electrons. The lowest BCUT2D eigenvalue weighted by molar-refractivity contribution is -0.123. The van der Waals surface area contributed by atoms with Gasteiger partial charge in [-0.2, -0.15) is 0 Å². The maximum Gasteiger partial charge on any atom is 0.262 e. The molecule has 2 N–H and O–H groups in total. The third-order valence-corrected chi connectivity index (χ3v) is 3.37. The first kappa shape index (κ1) is 16.5. The number of amides is 1. The van der Waals surface area contributed by atoms with E-state index in [4.69, 9.17) is 9.47 Å². The second kappa shape index (κ2) is 6.91. The van der Waals surface area contributed by atoms with Crippen LogP contribution in [0.1, 0.15) is 13.3 Å². The summed E-state index contributed by atoms with van der Waals surface area (Å²) < 4.78 is 36.8. The van der Waals surface area contributed by atoms with Crippen LogP contribution < -0.4 is 20.1 Å². The van der Waals surface area contributed by atoms with Crippen LogP contribution in [-0.2, 0) is 4.79 Å². The molecule has 1 aromatic carbocycles. The molecule has 1 aromatic rings. The van der Waals surface area contributed by atoms with Gasteiger partial charge in [-0.3, -0.25) is 10.1 Å². The molecule has 0 aromatic heterocycles. The molecule has 2 atom stereocenters. The molecule has 0 spiro atoms. The third-order valence-electron chi connectivity index (χ3n) is 3.37. The summed E-state index contributed by atoms with van der Waals surface area (Å²) in [5.41, 5.74) is 0. The van der Waals surface area contributed by atoms with Crippen LogP contribution in [-0.4, -0.2) is 44.2 Å². The average Bonchev–Trinajstić information content (AvgIpc) is 2.85. The van der Waals surface area contributed by atoms with Crippen LogP contribution in [0, 0.1) is 0 Å². The molecule has 5 nitrogen and oxygen atoms in total. The Morgan fingerprint density at radius 3 is 2.86 bits per heavy atom. The van der Waals surface area contributed by atoms with Crippen molar-refractivity contribution < 1.29 is 23.0 Å². The van der Waals surface area contributed by atoms with E-state index in [0.717, 1.165) is 0 Å². The second-order valence-electron chi connectivity index (χ2n) is 5.35. The Morgan fingerprint density at radius 2 is 2.23 bits per heavy atom. The van der Waals surface area contributed by atoms with Crippen molar-refractivity contribution in [1.82, 2.24) is 10.6 Å². The predicted molar refractivity (Wildman–Crippen MR) is 77.4 cm³/mol. The molecule has 1 saturated heterocycles. The second-order valence-corrected chi connectivity index (χ2v) is 5.35. The van der Waals surface area contributed by atoms with E-state index in [-0.39, 0.29) is 12.6 Å². The zero-order valence-corrected chi connectivity index (χ0v) is 12.6. The molecule has 0 radical (unpaired) electrons. The van der Waals surface area contributed by atoms with Crippen LogP contribution in [0.15, 0.2) is 24.3 Å². The number of halogens is 2. The lowest BCUT2D eigenvalue weighted by Crippen LogP contribution is -2.43. The lowest BCUT2D eigenvalue weighted by atomic mass is 10.2. The number of carbonyl (C=O) groups is 1. The standard InChI is InChI=1S/C15H20F2N2O3/c1-10(22-12-5-3-4-11(6-12)21-2)8-18-14(20)13-7-15(16,17)9-19-13/h3-6,10,13,19H,7-9H2,1-2H3,(H,18,20). The van der Waals surface area contributed by atoms with Crippen molar-refractivity contribution in [3.8, 4) is 11.5 Å². The molecular weight excluding hydrogens is 294 g/mol. The van der Waals surface area contributed by atoms with Crippen LogP contribution in [0.5, 0.6) is 11.5 Å². The summed E-state index contributed by atoms with van der Waals surface area (Å²) in [6.45, 7) is 1.57. The van der Waals surface area contributed by atoms with Gasteiger partial charge in [0.25, 0.3) is 5.92 Å². The van der Waals surface area contributed by atoms with E-state index in [1.807, 2.05) is 0 Å². The molecule has 1 amide bonds. The maximum atomic E-state index is 13.0. The number of hydrogen-bond acceptors (Lipinski definition) is 4. The highest BCUT2D eigenvalue weighted by Gasteiger charge is 2.42. The number of hydrogen-bond donors (Lipinski definition) is 2. The minimum Gasteiger partial charge on any atom is -0.497 e. The van der Waals surface area contributed by atoms with Gasteiger partial charge in [0.15, 0.2) is 0 Å². The smallest absolute Gasteiger partial charge is 0.262 e. The number of methoxy groups -OCH3 is 1. The van der Waals surface area contributed by atoms with Gasteiger partial charge in [-0.25, -0.2) is 8.78 Å². The Bertz CT molecular complexity index is 525. The number of alkyl halides is 2. The molecule has 7 heteroatoms. The van der Waals surface area contributed by atoms with Crippen molar-refractivity contribution in [2.24, 2.45) is 0 Å². The first-order valence-electron chi connectivity index (χ1n) is 7.09. The molecule has 0 saturated carbocycles. The molecule has 1 aliphatic heterocycles. The monoisotopic (exact) mass is 314 g/mol. The first-order valence-corrected chi connectivity index (χ1v) is 7.09. The fraction of sp³-hybridized carbons (Fsp3) is 0.533. The molecule has 1 heterocycles. The van der Waals surface area contributed by atoms with Crippen molar-refractivity contribution in [2.75, 3.05) is 20.2 Å². The fourth-order valence-electron chi connectivity index (χ4n) is 2.22. The van der Waals surface area contributed by atoms with E-state index >= 15 is 0 Å². The molecule has 0 bridgehead atoms. The Balaban J connectivity index is 1.77. The highest BCUT2D eigenvalue weighted by molar-refractivity contribution is 5.82. The Hall–Kier alpha value is -1.89. The summed E-state index contributed by atoms with van der Waals surface area (Å²) in [6.07, 6.45) is -0.762. The van der Waals surface area contributed by atoms with Crippen molar-refractivity contribution in [2.45, 2.75) is 31.4 Å². The fourth-order valence-corrected chi connectivity index (χ4v) is 2.22. The highest BCUT2D eigenvalue weighted by Crippen LogP contribution is 2.25. The molecular formula is C15H20F2N2O3. The first-order chi connectivity index (χ1) is 10.4. The van der Waals surface area contributed by atoms with Crippen LogP contribution in [0.2, 0.25) is 0 Å². The largest absolute Gasteiger partial charge is 0.497 e. The number of ether oxygens (including phenoxy) is 2. The molecule has 2 unspecified atom stereocenters. The summed E-state index contributed by atoms with van der Waals surface area (Å²) in [5, 5.41) is 5.14. The molecule has 22 heavy (non-hydrogen) atoms. The van der Waals surface area contributed by atoms with Gasteiger partial charge in [0.05, 0.1) is 26.2 Å². The summed E-state index contributed by atoms with van der Waals surface area (Å²) >= 11 is 0. The summed E-state index contributed by atoms with van der Waals surface area (Å²) in [4.78, 5) is 11.8. The number of benzene rings is 1. The van der Waals surface area contributed by atoms with Gasteiger partial charge >= 0.3 is 0 Å². The van der Waals surface area contributed by atoms with Gasteiger partial charge in [-0.05, 0) is 19.1 Å². The lowest BCUT2D eigenvalue weighted by Gasteiger charge is -2.17. The van der Waals surface area contributed by atoms with E-state index in [1.54, 1.807) is 38.3 Å². The molecule has 1 aliphatic rings. The summed E-state index contributed by atoms with van der Waals surface area (Å²) in [7, 11) is 1.56. The quantitative estimate of drug-likeness (QED) is 0.837.